The molecule has 1 N–H and O–H groups in total. The second-order valence-electron chi connectivity index (χ2n) is 6.41. The van der Waals surface area contributed by atoms with Crippen LogP contribution in [0, 0.1) is 0 Å². The van der Waals surface area contributed by atoms with E-state index in [2.05, 4.69) is 9.46 Å². The minimum absolute atomic E-state index is 0.0306. The zero-order chi connectivity index (χ0) is 22.5. The van der Waals surface area contributed by atoms with Crippen LogP contribution in [0.1, 0.15) is 29.8 Å². The second-order valence-corrected chi connectivity index (χ2v) is 8.09. The Balaban J connectivity index is 2.13. The summed E-state index contributed by atoms with van der Waals surface area (Å²) in [5.41, 5.74) is 0.387. The van der Waals surface area contributed by atoms with Gasteiger partial charge in [-0.2, -0.15) is 0 Å². The van der Waals surface area contributed by atoms with E-state index in [-0.39, 0.29) is 28.9 Å². The number of carbonyl (C=O) groups excluding carboxylic acids is 1. The average Bonchev–Trinajstić information content (AvgIpc) is 2.64. The third-order valence-electron chi connectivity index (χ3n) is 3.61. The fourth-order valence-corrected chi connectivity index (χ4v) is 3.85. The Bertz CT molecular complexity index is 988. The SMILES string of the molecule is COc1ccc(C(=O)OCc2ccc(OC(F)(F)F)cc2)cc1S(=O)(=O)NC(C)C. The summed E-state index contributed by atoms with van der Waals surface area (Å²) in [6.45, 7) is 3.06. The summed E-state index contributed by atoms with van der Waals surface area (Å²) in [7, 11) is -2.63. The van der Waals surface area contributed by atoms with Crippen LogP contribution in [0.5, 0.6) is 11.5 Å². The number of sulfonamides is 1. The molecule has 2 aromatic carbocycles. The number of hydrogen-bond donors (Lipinski definition) is 1. The quantitative estimate of drug-likeness (QED) is 0.622. The van der Waals surface area contributed by atoms with Gasteiger partial charge in [0.15, 0.2) is 0 Å². The molecule has 0 fully saturated rings. The van der Waals surface area contributed by atoms with Crippen LogP contribution in [-0.4, -0.2) is 33.9 Å². The summed E-state index contributed by atoms with van der Waals surface area (Å²) in [5, 5.41) is 0. The highest BCUT2D eigenvalue weighted by Crippen LogP contribution is 2.26. The predicted molar refractivity (Wildman–Crippen MR) is 101 cm³/mol. The number of hydrogen-bond acceptors (Lipinski definition) is 6. The Morgan fingerprint density at radius 2 is 1.73 bits per heavy atom. The van der Waals surface area contributed by atoms with Gasteiger partial charge in [0.2, 0.25) is 10.0 Å². The third kappa shape index (κ3) is 6.63. The maximum absolute atomic E-state index is 12.5. The minimum Gasteiger partial charge on any atom is -0.495 e. The summed E-state index contributed by atoms with van der Waals surface area (Å²) in [4.78, 5) is 12.1. The minimum atomic E-state index is -4.80. The van der Waals surface area contributed by atoms with E-state index in [9.17, 15) is 26.4 Å². The van der Waals surface area contributed by atoms with Crippen LogP contribution in [0.25, 0.3) is 0 Å². The third-order valence-corrected chi connectivity index (χ3v) is 5.29. The average molecular weight is 447 g/mol. The lowest BCUT2D eigenvalue weighted by molar-refractivity contribution is -0.274. The molecule has 164 valence electrons. The molecule has 0 radical (unpaired) electrons. The molecule has 7 nitrogen and oxygen atoms in total. The Kier molecular flexibility index (Phi) is 7.32. The van der Waals surface area contributed by atoms with E-state index in [1.807, 2.05) is 0 Å². The largest absolute Gasteiger partial charge is 0.573 e. The fraction of sp³-hybridized carbons (Fsp3) is 0.316. The molecule has 0 atom stereocenters. The normalized spacial score (nSPS) is 12.0. The van der Waals surface area contributed by atoms with Gasteiger partial charge in [0.25, 0.3) is 0 Å². The molecular weight excluding hydrogens is 427 g/mol. The van der Waals surface area contributed by atoms with Crippen LogP contribution in [-0.2, 0) is 21.4 Å². The van der Waals surface area contributed by atoms with Crippen LogP contribution < -0.4 is 14.2 Å². The maximum Gasteiger partial charge on any atom is 0.573 e. The molecule has 30 heavy (non-hydrogen) atoms. The molecule has 0 bridgehead atoms. The first-order chi connectivity index (χ1) is 13.9. The molecule has 0 aliphatic carbocycles. The topological polar surface area (TPSA) is 90.9 Å². The van der Waals surface area contributed by atoms with Crippen LogP contribution in [0.3, 0.4) is 0 Å². The van der Waals surface area contributed by atoms with Crippen molar-refractivity contribution in [2.45, 2.75) is 37.8 Å². The number of methoxy groups -OCH3 is 1. The van der Waals surface area contributed by atoms with Gasteiger partial charge in [-0.3, -0.25) is 0 Å². The highest BCUT2D eigenvalue weighted by molar-refractivity contribution is 7.89. The molecule has 2 rings (SSSR count). The molecule has 0 heterocycles. The number of ether oxygens (including phenoxy) is 3. The van der Waals surface area contributed by atoms with Crippen molar-refractivity contribution in [3.8, 4) is 11.5 Å². The molecule has 0 amide bonds. The van der Waals surface area contributed by atoms with Crippen molar-refractivity contribution in [2.24, 2.45) is 0 Å². The number of halogens is 3. The standard InChI is InChI=1S/C19H20F3NO6S/c1-12(2)23-30(25,26)17-10-14(6-9-16(17)27-3)18(24)28-11-13-4-7-15(8-5-13)29-19(20,21)22/h4-10,12,23H,11H2,1-3H3. The van der Waals surface area contributed by atoms with Crippen molar-refractivity contribution in [3.05, 3.63) is 53.6 Å². The molecule has 0 aliphatic rings. The number of esters is 1. The lowest BCUT2D eigenvalue weighted by Gasteiger charge is -2.14. The van der Waals surface area contributed by atoms with E-state index in [0.717, 1.165) is 18.2 Å². The first kappa shape index (κ1) is 23.5. The van der Waals surface area contributed by atoms with Gasteiger partial charge in [-0.05, 0) is 49.7 Å². The van der Waals surface area contributed by atoms with Gasteiger partial charge in [0.1, 0.15) is 23.0 Å². The van der Waals surface area contributed by atoms with Gasteiger partial charge in [-0.1, -0.05) is 12.1 Å². The number of benzene rings is 2. The molecule has 0 spiro atoms. The maximum atomic E-state index is 12.5. The number of rotatable bonds is 8. The summed E-state index contributed by atoms with van der Waals surface area (Å²) < 4.78 is 77.8. The van der Waals surface area contributed by atoms with Gasteiger partial charge in [0, 0.05) is 6.04 Å². The van der Waals surface area contributed by atoms with E-state index in [1.165, 1.54) is 31.4 Å². The zero-order valence-corrected chi connectivity index (χ0v) is 17.1. The van der Waals surface area contributed by atoms with Gasteiger partial charge >= 0.3 is 12.3 Å². The van der Waals surface area contributed by atoms with Gasteiger partial charge in [-0.15, -0.1) is 13.2 Å². The number of nitrogens with one attached hydrogen (secondary N) is 1. The van der Waals surface area contributed by atoms with Crippen molar-refractivity contribution >= 4 is 16.0 Å². The molecule has 11 heteroatoms. The van der Waals surface area contributed by atoms with Crippen molar-refractivity contribution in [1.82, 2.24) is 4.72 Å². The van der Waals surface area contributed by atoms with E-state index < -0.39 is 28.1 Å². The molecule has 0 aromatic heterocycles. The smallest absolute Gasteiger partial charge is 0.495 e. The summed E-state index contributed by atoms with van der Waals surface area (Å²) >= 11 is 0. The van der Waals surface area contributed by atoms with Crippen LogP contribution in [0.15, 0.2) is 47.4 Å². The van der Waals surface area contributed by atoms with E-state index >= 15 is 0 Å². The van der Waals surface area contributed by atoms with Crippen molar-refractivity contribution < 1.29 is 40.6 Å². The van der Waals surface area contributed by atoms with Crippen LogP contribution in [0.2, 0.25) is 0 Å². The van der Waals surface area contributed by atoms with Crippen molar-refractivity contribution in [1.29, 1.82) is 0 Å². The number of carbonyl (C=O) groups is 1. The Hall–Kier alpha value is -2.79. The summed E-state index contributed by atoms with van der Waals surface area (Å²) in [5.74, 6) is -1.16. The molecule has 0 unspecified atom stereocenters. The Morgan fingerprint density at radius 3 is 2.27 bits per heavy atom. The highest BCUT2D eigenvalue weighted by Gasteiger charge is 2.31. The number of alkyl halides is 3. The summed E-state index contributed by atoms with van der Waals surface area (Å²) in [6.07, 6.45) is -4.80. The lowest BCUT2D eigenvalue weighted by atomic mass is 10.2. The molecule has 2 aromatic rings. The van der Waals surface area contributed by atoms with Crippen LogP contribution in [0.4, 0.5) is 13.2 Å². The second kappa shape index (κ2) is 9.35. The zero-order valence-electron chi connectivity index (χ0n) is 16.3. The van der Waals surface area contributed by atoms with Gasteiger partial charge in [-0.25, -0.2) is 17.9 Å². The summed E-state index contributed by atoms with van der Waals surface area (Å²) in [6, 6.07) is 8.23. The predicted octanol–water partition coefficient (Wildman–Crippen LogP) is 3.64. The van der Waals surface area contributed by atoms with Crippen molar-refractivity contribution in [2.75, 3.05) is 7.11 Å². The van der Waals surface area contributed by atoms with Crippen molar-refractivity contribution in [3.63, 3.8) is 0 Å². The first-order valence-electron chi connectivity index (χ1n) is 8.63. The highest BCUT2D eigenvalue weighted by atomic mass is 32.2. The monoisotopic (exact) mass is 447 g/mol. The molecule has 0 saturated carbocycles. The van der Waals surface area contributed by atoms with Gasteiger partial charge in [0.05, 0.1) is 12.7 Å². The first-order valence-corrected chi connectivity index (χ1v) is 10.1. The van der Waals surface area contributed by atoms with Gasteiger partial charge < -0.3 is 14.2 Å². The molecule has 0 saturated heterocycles. The van der Waals surface area contributed by atoms with E-state index in [4.69, 9.17) is 9.47 Å². The Labute approximate surface area is 171 Å². The Morgan fingerprint density at radius 1 is 1.10 bits per heavy atom. The van der Waals surface area contributed by atoms with E-state index in [1.54, 1.807) is 13.8 Å². The molecular formula is C19H20F3NO6S. The van der Waals surface area contributed by atoms with E-state index in [0.29, 0.717) is 5.56 Å². The fourth-order valence-electron chi connectivity index (χ4n) is 2.41. The lowest BCUT2D eigenvalue weighted by Crippen LogP contribution is -2.30. The molecule has 0 aliphatic heterocycles. The van der Waals surface area contributed by atoms with Crippen LogP contribution >= 0.6 is 0 Å².